The van der Waals surface area contributed by atoms with Crippen LogP contribution in [0.15, 0.2) is 66.3 Å². The zero-order valence-electron chi connectivity index (χ0n) is 16.3. The van der Waals surface area contributed by atoms with Gasteiger partial charge in [0, 0.05) is 0 Å². The molecule has 0 N–H and O–H groups in total. The van der Waals surface area contributed by atoms with E-state index in [4.69, 9.17) is 0 Å². The largest absolute Gasteiger partial charge is 3.00 e. The maximum atomic E-state index is 2.48. The van der Waals surface area contributed by atoms with E-state index < -0.39 is 0 Å². The fraction of sp³-hybridized carbons (Fsp3) is 0.292. The van der Waals surface area contributed by atoms with Crippen molar-refractivity contribution in [3.63, 3.8) is 0 Å². The van der Waals surface area contributed by atoms with Crippen LogP contribution in [-0.2, 0) is 26.2 Å². The van der Waals surface area contributed by atoms with E-state index in [9.17, 15) is 0 Å². The predicted molar refractivity (Wildman–Crippen MR) is 106 cm³/mol. The molecule has 3 aromatic carbocycles. The summed E-state index contributed by atoms with van der Waals surface area (Å²) in [4.78, 5) is 0. The van der Waals surface area contributed by atoms with Crippen molar-refractivity contribution in [3.8, 4) is 0 Å². The first-order chi connectivity index (χ1) is 11.5. The third-order valence-electron chi connectivity index (χ3n) is 5.37. The Bertz CT molecular complexity index is 986. The molecule has 1 atom stereocenters. The summed E-state index contributed by atoms with van der Waals surface area (Å²) < 4.78 is 0. The molecule has 0 spiro atoms. The van der Waals surface area contributed by atoms with Crippen molar-refractivity contribution >= 4 is 27.1 Å². The number of allylic oxidation sites excluding steroid dienone is 4. The molecule has 0 aliphatic heterocycles. The van der Waals surface area contributed by atoms with E-state index >= 15 is 0 Å². The van der Waals surface area contributed by atoms with Crippen LogP contribution < -0.4 is 24.8 Å². The Labute approximate surface area is 194 Å². The monoisotopic (exact) mass is 473 g/mol. The molecule has 4 rings (SSSR count). The Balaban J connectivity index is 0.00000121. The average Bonchev–Trinajstić information content (AvgIpc) is 3.15. The Hall–Kier alpha value is -0.747. The van der Waals surface area contributed by atoms with Crippen LogP contribution in [0, 0.1) is 11.3 Å². The quantitative estimate of drug-likeness (QED) is 0.488. The van der Waals surface area contributed by atoms with Gasteiger partial charge in [-0.2, -0.15) is 0 Å². The van der Waals surface area contributed by atoms with Gasteiger partial charge < -0.3 is 24.8 Å². The molecule has 1 radical (unpaired) electrons. The van der Waals surface area contributed by atoms with Gasteiger partial charge in [-0.25, -0.2) is 0 Å². The van der Waals surface area contributed by atoms with Gasteiger partial charge in [-0.3, -0.25) is 0 Å². The number of halogens is 2. The van der Waals surface area contributed by atoms with Gasteiger partial charge in [0.1, 0.15) is 0 Å². The molecular formula is C24H25Cl2Zr. The summed E-state index contributed by atoms with van der Waals surface area (Å²) in [5, 5.41) is 5.48. The van der Waals surface area contributed by atoms with Crippen LogP contribution in [0.4, 0.5) is 0 Å². The average molecular weight is 476 g/mol. The first-order valence-electron chi connectivity index (χ1n) is 9.00. The zero-order chi connectivity index (χ0) is 16.9. The molecule has 1 unspecified atom stereocenters. The third kappa shape index (κ3) is 4.32. The summed E-state index contributed by atoms with van der Waals surface area (Å²) in [5.74, 6) is 0.530. The van der Waals surface area contributed by atoms with Gasteiger partial charge in [0.05, 0.1) is 0 Å². The summed E-state index contributed by atoms with van der Waals surface area (Å²) >= 11 is 0. The molecule has 1 aliphatic rings. The molecule has 0 bridgehead atoms. The van der Waals surface area contributed by atoms with Crippen molar-refractivity contribution in [1.29, 1.82) is 0 Å². The van der Waals surface area contributed by atoms with Gasteiger partial charge in [0.25, 0.3) is 0 Å². The van der Waals surface area contributed by atoms with Crippen LogP contribution in [0.5, 0.6) is 0 Å². The van der Waals surface area contributed by atoms with Crippen molar-refractivity contribution in [3.05, 3.63) is 71.8 Å². The number of rotatable bonds is 2. The van der Waals surface area contributed by atoms with E-state index in [-0.39, 0.29) is 56.4 Å². The second kappa shape index (κ2) is 9.17. The molecule has 0 saturated carbocycles. The molecule has 0 aromatic heterocycles. The van der Waals surface area contributed by atoms with Crippen LogP contribution in [-0.4, -0.2) is 0 Å². The SMILES string of the molecule is CCC1C=C(C(C)(C)C)C=C1c1cccc2c1[cH-]c1ccccc12.[Cl-].[Cl-].[Zr+3]. The van der Waals surface area contributed by atoms with Gasteiger partial charge in [0.2, 0.25) is 0 Å². The number of fused-ring (bicyclic) bond motifs is 3. The fourth-order valence-corrected chi connectivity index (χ4v) is 3.94. The molecule has 3 heteroatoms. The summed E-state index contributed by atoms with van der Waals surface area (Å²) in [6.45, 7) is 9.22. The Morgan fingerprint density at radius 1 is 0.926 bits per heavy atom. The summed E-state index contributed by atoms with van der Waals surface area (Å²) in [6, 6.07) is 17.9. The van der Waals surface area contributed by atoms with Crippen molar-refractivity contribution in [2.75, 3.05) is 0 Å². The number of hydrogen-bond acceptors (Lipinski definition) is 0. The first-order valence-corrected chi connectivity index (χ1v) is 9.00. The molecule has 0 amide bonds. The maximum Gasteiger partial charge on any atom is 3.00 e. The molecule has 27 heavy (non-hydrogen) atoms. The molecule has 3 aromatic rings. The molecule has 0 nitrogen and oxygen atoms in total. The van der Waals surface area contributed by atoms with E-state index in [1.165, 1.54) is 38.3 Å². The fourth-order valence-electron chi connectivity index (χ4n) is 3.94. The minimum atomic E-state index is 0. The van der Waals surface area contributed by atoms with Crippen molar-refractivity contribution in [2.24, 2.45) is 11.3 Å². The van der Waals surface area contributed by atoms with E-state index in [0.717, 1.165) is 6.42 Å². The molecule has 0 heterocycles. The van der Waals surface area contributed by atoms with Gasteiger partial charge >= 0.3 is 26.2 Å². The van der Waals surface area contributed by atoms with E-state index in [1.54, 1.807) is 0 Å². The van der Waals surface area contributed by atoms with E-state index in [0.29, 0.717) is 5.92 Å². The standard InChI is InChI=1S/C24H25.2ClH.Zr/c1-5-16-13-18(24(2,3)4)15-22(16)21-12-8-11-20-19-10-7-6-9-17(19)14-23(20)21;;;/h6-16H,5H2,1-4H3;2*1H;/q-1;;;+3/p-2. The summed E-state index contributed by atoms with van der Waals surface area (Å²) in [7, 11) is 0. The first kappa shape index (κ1) is 24.3. The van der Waals surface area contributed by atoms with Crippen LogP contribution in [0.1, 0.15) is 39.7 Å². The number of hydrogen-bond donors (Lipinski definition) is 0. The molecule has 0 saturated heterocycles. The Morgan fingerprint density at radius 2 is 1.59 bits per heavy atom. The van der Waals surface area contributed by atoms with E-state index in [2.05, 4.69) is 88.4 Å². The predicted octanol–water partition coefficient (Wildman–Crippen LogP) is 1.11. The van der Waals surface area contributed by atoms with Gasteiger partial charge in [-0.05, 0) is 23.3 Å². The van der Waals surface area contributed by atoms with Crippen molar-refractivity contribution in [2.45, 2.75) is 34.1 Å². The second-order valence-electron chi connectivity index (χ2n) is 7.98. The molecule has 139 valence electrons. The van der Waals surface area contributed by atoms with Crippen LogP contribution in [0.3, 0.4) is 0 Å². The molecule has 0 fully saturated rings. The zero-order valence-corrected chi connectivity index (χ0v) is 20.3. The maximum absolute atomic E-state index is 2.48. The topological polar surface area (TPSA) is 0 Å². The smallest absolute Gasteiger partial charge is 1.00 e. The third-order valence-corrected chi connectivity index (χ3v) is 5.37. The van der Waals surface area contributed by atoms with Gasteiger partial charge in [-0.1, -0.05) is 87.4 Å². The van der Waals surface area contributed by atoms with Crippen LogP contribution in [0.25, 0.3) is 27.1 Å². The van der Waals surface area contributed by atoms with Crippen LogP contribution in [0.2, 0.25) is 0 Å². The van der Waals surface area contributed by atoms with Crippen molar-refractivity contribution in [1.82, 2.24) is 0 Å². The van der Waals surface area contributed by atoms with Gasteiger partial charge in [-0.15, -0.1) is 33.7 Å². The normalized spacial score (nSPS) is 16.2. The summed E-state index contributed by atoms with van der Waals surface area (Å²) in [6.07, 6.45) is 6.08. The van der Waals surface area contributed by atoms with Gasteiger partial charge in [0.15, 0.2) is 0 Å². The van der Waals surface area contributed by atoms with Crippen molar-refractivity contribution < 1.29 is 51.0 Å². The minimum absolute atomic E-state index is 0. The second-order valence-corrected chi connectivity index (χ2v) is 7.98. The number of benzene rings is 2. The Kier molecular flexibility index (Phi) is 8.25. The molecular weight excluding hydrogens is 450 g/mol. The molecule has 1 aliphatic carbocycles. The minimum Gasteiger partial charge on any atom is -1.00 e. The van der Waals surface area contributed by atoms with Crippen LogP contribution >= 0.6 is 0 Å². The van der Waals surface area contributed by atoms with E-state index in [1.807, 2.05) is 0 Å². The summed E-state index contributed by atoms with van der Waals surface area (Å²) in [5.41, 5.74) is 4.58. The Morgan fingerprint density at radius 3 is 2.26 bits per heavy atom.